The number of carbonyl (C=O) groups is 2. The molecule has 1 aromatic rings. The summed E-state index contributed by atoms with van der Waals surface area (Å²) in [5.74, 6) is 1.60. The van der Waals surface area contributed by atoms with E-state index in [4.69, 9.17) is 14.2 Å². The first-order valence-electron chi connectivity index (χ1n) is 9.27. The van der Waals surface area contributed by atoms with Crippen LogP contribution in [0.4, 0.5) is 0 Å². The average molecular weight is 360 g/mol. The number of amides is 2. The van der Waals surface area contributed by atoms with Crippen molar-refractivity contribution in [3.8, 4) is 11.5 Å². The first-order valence-corrected chi connectivity index (χ1v) is 9.27. The normalized spacial score (nSPS) is 21.9. The van der Waals surface area contributed by atoms with Crippen molar-refractivity contribution < 1.29 is 23.8 Å². The van der Waals surface area contributed by atoms with E-state index in [-0.39, 0.29) is 24.6 Å². The van der Waals surface area contributed by atoms with Gasteiger partial charge in [-0.2, -0.15) is 0 Å². The van der Waals surface area contributed by atoms with Crippen molar-refractivity contribution in [1.82, 2.24) is 9.80 Å². The van der Waals surface area contributed by atoms with Crippen LogP contribution in [0.15, 0.2) is 18.2 Å². The molecule has 0 radical (unpaired) electrons. The highest BCUT2D eigenvalue weighted by atomic mass is 16.7. The molecule has 3 heterocycles. The lowest BCUT2D eigenvalue weighted by molar-refractivity contribution is -0.146. The van der Waals surface area contributed by atoms with Gasteiger partial charge in [-0.3, -0.25) is 9.59 Å². The van der Waals surface area contributed by atoms with Crippen molar-refractivity contribution in [3.63, 3.8) is 0 Å². The van der Waals surface area contributed by atoms with Crippen molar-refractivity contribution in [2.24, 2.45) is 0 Å². The molecule has 0 bridgehead atoms. The van der Waals surface area contributed by atoms with Gasteiger partial charge in [0.1, 0.15) is 6.04 Å². The molecule has 0 spiro atoms. The summed E-state index contributed by atoms with van der Waals surface area (Å²) < 4.78 is 16.0. The van der Waals surface area contributed by atoms with Crippen LogP contribution in [0.3, 0.4) is 0 Å². The van der Waals surface area contributed by atoms with E-state index in [2.05, 4.69) is 0 Å². The number of hydrogen-bond donors (Lipinski definition) is 0. The third kappa shape index (κ3) is 3.49. The van der Waals surface area contributed by atoms with Crippen LogP contribution in [0.5, 0.6) is 11.5 Å². The van der Waals surface area contributed by atoms with E-state index in [1.807, 2.05) is 23.1 Å². The van der Waals surface area contributed by atoms with Gasteiger partial charge < -0.3 is 24.0 Å². The summed E-state index contributed by atoms with van der Waals surface area (Å²) in [6.45, 7) is 3.31. The average Bonchev–Trinajstić information content (AvgIpc) is 3.35. The molecule has 26 heavy (non-hydrogen) atoms. The molecule has 0 aliphatic carbocycles. The maximum Gasteiger partial charge on any atom is 0.245 e. The van der Waals surface area contributed by atoms with Crippen LogP contribution in [-0.2, 0) is 20.7 Å². The first-order chi connectivity index (χ1) is 12.7. The summed E-state index contributed by atoms with van der Waals surface area (Å²) in [6, 6.07) is 5.46. The second-order valence-electron chi connectivity index (χ2n) is 6.87. The summed E-state index contributed by atoms with van der Waals surface area (Å²) in [5.41, 5.74) is 1.04. The van der Waals surface area contributed by atoms with E-state index in [0.717, 1.165) is 29.9 Å². The topological polar surface area (TPSA) is 68.3 Å². The van der Waals surface area contributed by atoms with Crippen LogP contribution in [0, 0.1) is 0 Å². The highest BCUT2D eigenvalue weighted by Crippen LogP contribution is 2.33. The van der Waals surface area contributed by atoms with E-state index in [9.17, 15) is 9.59 Å². The fraction of sp³-hybridized carbons (Fsp3) is 0.579. The number of carbonyl (C=O) groups excluding carboxylic acids is 2. The zero-order valence-electron chi connectivity index (χ0n) is 14.8. The lowest BCUT2D eigenvalue weighted by atomic mass is 10.1. The van der Waals surface area contributed by atoms with Gasteiger partial charge in [-0.25, -0.2) is 0 Å². The molecule has 4 rings (SSSR count). The molecule has 2 fully saturated rings. The zero-order valence-corrected chi connectivity index (χ0v) is 14.8. The zero-order chi connectivity index (χ0) is 17.9. The number of rotatable bonds is 4. The number of aryl methyl sites for hydroxylation is 1. The molecular weight excluding hydrogens is 336 g/mol. The molecular formula is C19H24N2O5. The third-order valence-electron chi connectivity index (χ3n) is 5.25. The molecule has 0 aromatic heterocycles. The quantitative estimate of drug-likeness (QED) is 0.807. The highest BCUT2D eigenvalue weighted by Gasteiger charge is 2.36. The molecule has 7 nitrogen and oxygen atoms in total. The number of hydrogen-bond acceptors (Lipinski definition) is 5. The second-order valence-corrected chi connectivity index (χ2v) is 6.87. The van der Waals surface area contributed by atoms with Gasteiger partial charge in [0.15, 0.2) is 11.5 Å². The Morgan fingerprint density at radius 2 is 1.88 bits per heavy atom. The minimum atomic E-state index is -0.308. The minimum Gasteiger partial charge on any atom is -0.454 e. The standard InChI is InChI=1S/C19H24N2O5/c22-18(6-4-14-3-5-16-17(12-14)26-13-25-16)21-7-1-2-15(21)19(23)20-8-10-24-11-9-20/h3,5,12,15H,1-2,4,6-11,13H2. The van der Waals surface area contributed by atoms with Crippen LogP contribution in [0.2, 0.25) is 0 Å². The Balaban J connectivity index is 1.35. The molecule has 3 aliphatic heterocycles. The van der Waals surface area contributed by atoms with Crippen LogP contribution < -0.4 is 9.47 Å². The van der Waals surface area contributed by atoms with E-state index in [1.165, 1.54) is 0 Å². The van der Waals surface area contributed by atoms with Crippen LogP contribution in [0.25, 0.3) is 0 Å². The van der Waals surface area contributed by atoms with Crippen molar-refractivity contribution >= 4 is 11.8 Å². The van der Waals surface area contributed by atoms with Gasteiger partial charge in [-0.15, -0.1) is 0 Å². The van der Waals surface area contributed by atoms with Crippen molar-refractivity contribution in [2.45, 2.75) is 31.7 Å². The largest absolute Gasteiger partial charge is 0.454 e. The Labute approximate surface area is 152 Å². The maximum atomic E-state index is 12.8. The molecule has 1 atom stereocenters. The van der Waals surface area contributed by atoms with Crippen LogP contribution >= 0.6 is 0 Å². The Morgan fingerprint density at radius 3 is 2.73 bits per heavy atom. The van der Waals surface area contributed by atoms with Gasteiger partial charge in [-0.1, -0.05) is 6.07 Å². The maximum absolute atomic E-state index is 12.8. The van der Waals surface area contributed by atoms with Crippen molar-refractivity contribution in [2.75, 3.05) is 39.6 Å². The molecule has 1 aromatic carbocycles. The fourth-order valence-electron chi connectivity index (χ4n) is 3.81. The lowest BCUT2D eigenvalue weighted by Gasteiger charge is -2.32. The summed E-state index contributed by atoms with van der Waals surface area (Å²) in [7, 11) is 0. The van der Waals surface area contributed by atoms with Gasteiger partial charge >= 0.3 is 0 Å². The molecule has 7 heteroatoms. The summed E-state index contributed by atoms with van der Waals surface area (Å²) in [5, 5.41) is 0. The Hall–Kier alpha value is -2.28. The number of benzene rings is 1. The molecule has 0 N–H and O–H groups in total. The van der Waals surface area contributed by atoms with Crippen molar-refractivity contribution in [1.29, 1.82) is 0 Å². The first kappa shape index (κ1) is 17.1. The number of fused-ring (bicyclic) bond motifs is 1. The smallest absolute Gasteiger partial charge is 0.245 e. The fourth-order valence-corrected chi connectivity index (χ4v) is 3.81. The third-order valence-corrected chi connectivity index (χ3v) is 5.25. The summed E-state index contributed by atoms with van der Waals surface area (Å²) in [4.78, 5) is 29.1. The number of likely N-dealkylation sites (tertiary alicyclic amines) is 1. The highest BCUT2D eigenvalue weighted by molar-refractivity contribution is 5.88. The van der Waals surface area contributed by atoms with Gasteiger partial charge in [0.05, 0.1) is 13.2 Å². The summed E-state index contributed by atoms with van der Waals surface area (Å²) >= 11 is 0. The number of morpholine rings is 1. The second kappa shape index (κ2) is 7.53. The molecule has 3 aliphatic rings. The Morgan fingerprint density at radius 1 is 1.08 bits per heavy atom. The molecule has 2 amide bonds. The SMILES string of the molecule is O=C(C1CCCN1C(=O)CCc1ccc2c(c1)OCO2)N1CCOCC1. The van der Waals surface area contributed by atoms with Crippen LogP contribution in [-0.4, -0.2) is 67.3 Å². The Kier molecular flexibility index (Phi) is 4.97. The number of ether oxygens (including phenoxy) is 3. The van der Waals surface area contributed by atoms with E-state index in [0.29, 0.717) is 45.7 Å². The molecule has 140 valence electrons. The van der Waals surface area contributed by atoms with Gasteiger partial charge in [0.2, 0.25) is 18.6 Å². The van der Waals surface area contributed by atoms with E-state index < -0.39 is 0 Å². The molecule has 2 saturated heterocycles. The number of nitrogens with zero attached hydrogens (tertiary/aromatic N) is 2. The van der Waals surface area contributed by atoms with E-state index in [1.54, 1.807) is 4.90 Å². The van der Waals surface area contributed by atoms with Crippen molar-refractivity contribution in [3.05, 3.63) is 23.8 Å². The van der Waals surface area contributed by atoms with Gasteiger partial charge in [0.25, 0.3) is 0 Å². The Bertz CT molecular complexity index is 687. The monoisotopic (exact) mass is 360 g/mol. The molecule has 0 saturated carbocycles. The predicted octanol–water partition coefficient (Wildman–Crippen LogP) is 1.20. The lowest BCUT2D eigenvalue weighted by Crippen LogP contribution is -2.51. The predicted molar refractivity (Wildman–Crippen MR) is 93.0 cm³/mol. The van der Waals surface area contributed by atoms with Gasteiger partial charge in [-0.05, 0) is 37.0 Å². The van der Waals surface area contributed by atoms with Crippen LogP contribution in [0.1, 0.15) is 24.8 Å². The molecule has 1 unspecified atom stereocenters. The van der Waals surface area contributed by atoms with Gasteiger partial charge in [0, 0.05) is 26.1 Å². The summed E-state index contributed by atoms with van der Waals surface area (Å²) in [6.07, 6.45) is 2.67. The minimum absolute atomic E-state index is 0.0479. The van der Waals surface area contributed by atoms with E-state index >= 15 is 0 Å².